The van der Waals surface area contributed by atoms with Crippen LogP contribution in [0, 0.1) is 11.8 Å². The Labute approximate surface area is 119 Å². The summed E-state index contributed by atoms with van der Waals surface area (Å²) in [6.45, 7) is 3.72. The number of nitrogens with one attached hydrogen (secondary N) is 1. The minimum atomic E-state index is -3.13. The molecule has 1 aromatic rings. The molecule has 112 valence electrons. The van der Waals surface area contributed by atoms with Crippen molar-refractivity contribution in [1.29, 1.82) is 0 Å². The highest BCUT2D eigenvalue weighted by Gasteiger charge is 2.43. The molecule has 0 saturated carbocycles. The number of furan rings is 1. The van der Waals surface area contributed by atoms with E-state index in [-0.39, 0.29) is 12.0 Å². The average molecular weight is 300 g/mol. The van der Waals surface area contributed by atoms with E-state index in [4.69, 9.17) is 9.15 Å². The molecule has 0 spiro atoms. The first-order valence-corrected chi connectivity index (χ1v) is 8.71. The second kappa shape index (κ2) is 5.48. The van der Waals surface area contributed by atoms with Gasteiger partial charge >= 0.3 is 0 Å². The molecule has 2 aliphatic heterocycles. The van der Waals surface area contributed by atoms with Gasteiger partial charge in [-0.2, -0.15) is 0 Å². The SMILES string of the molecule is CS(=O)(=O)NC[C@@H]1CO[C@H]2CN(Cc3ccco3)C[C@@H]12. The number of hydrogen-bond acceptors (Lipinski definition) is 5. The molecule has 2 fully saturated rings. The molecule has 1 aromatic heterocycles. The highest BCUT2D eigenvalue weighted by atomic mass is 32.2. The van der Waals surface area contributed by atoms with Crippen LogP contribution in [0.5, 0.6) is 0 Å². The lowest BCUT2D eigenvalue weighted by Crippen LogP contribution is -2.33. The molecule has 7 heteroatoms. The zero-order chi connectivity index (χ0) is 14.2. The van der Waals surface area contributed by atoms with Gasteiger partial charge in [0.15, 0.2) is 0 Å². The highest BCUT2D eigenvalue weighted by Crippen LogP contribution is 2.34. The zero-order valence-corrected chi connectivity index (χ0v) is 12.3. The van der Waals surface area contributed by atoms with Crippen LogP contribution in [-0.4, -0.2) is 51.9 Å². The Morgan fingerprint density at radius 2 is 2.30 bits per heavy atom. The quantitative estimate of drug-likeness (QED) is 0.845. The van der Waals surface area contributed by atoms with Crippen LogP contribution in [0.25, 0.3) is 0 Å². The smallest absolute Gasteiger partial charge is 0.208 e. The minimum Gasteiger partial charge on any atom is -0.468 e. The first kappa shape index (κ1) is 14.1. The normalized spacial score (nSPS) is 30.8. The van der Waals surface area contributed by atoms with Crippen molar-refractivity contribution in [2.75, 3.05) is 32.5 Å². The Morgan fingerprint density at radius 3 is 3.00 bits per heavy atom. The van der Waals surface area contributed by atoms with E-state index in [9.17, 15) is 8.42 Å². The fraction of sp³-hybridized carbons (Fsp3) is 0.692. The van der Waals surface area contributed by atoms with Gasteiger partial charge in [-0.3, -0.25) is 4.90 Å². The molecule has 0 bridgehead atoms. The lowest BCUT2D eigenvalue weighted by molar-refractivity contribution is 0.0931. The van der Waals surface area contributed by atoms with E-state index in [1.807, 2.05) is 12.1 Å². The molecule has 6 nitrogen and oxygen atoms in total. The monoisotopic (exact) mass is 300 g/mol. The Balaban J connectivity index is 1.55. The van der Waals surface area contributed by atoms with E-state index in [0.29, 0.717) is 19.1 Å². The van der Waals surface area contributed by atoms with Gasteiger partial charge in [-0.15, -0.1) is 0 Å². The van der Waals surface area contributed by atoms with Crippen LogP contribution in [-0.2, 0) is 21.3 Å². The third kappa shape index (κ3) is 3.22. The van der Waals surface area contributed by atoms with Crippen molar-refractivity contribution >= 4 is 10.0 Å². The van der Waals surface area contributed by atoms with Gasteiger partial charge in [0.2, 0.25) is 10.0 Å². The average Bonchev–Trinajstić information content (AvgIpc) is 3.03. The summed E-state index contributed by atoms with van der Waals surface area (Å²) < 4.78 is 36.1. The molecule has 20 heavy (non-hydrogen) atoms. The van der Waals surface area contributed by atoms with Crippen LogP contribution in [0.2, 0.25) is 0 Å². The van der Waals surface area contributed by atoms with Crippen LogP contribution in [0.3, 0.4) is 0 Å². The maximum absolute atomic E-state index is 11.2. The van der Waals surface area contributed by atoms with Crippen molar-refractivity contribution in [3.8, 4) is 0 Å². The van der Waals surface area contributed by atoms with Gasteiger partial charge in [-0.05, 0) is 12.1 Å². The summed E-state index contributed by atoms with van der Waals surface area (Å²) >= 11 is 0. The van der Waals surface area contributed by atoms with E-state index >= 15 is 0 Å². The number of sulfonamides is 1. The van der Waals surface area contributed by atoms with Crippen molar-refractivity contribution in [3.63, 3.8) is 0 Å². The van der Waals surface area contributed by atoms with Crippen molar-refractivity contribution in [3.05, 3.63) is 24.2 Å². The number of ether oxygens (including phenoxy) is 1. The minimum absolute atomic E-state index is 0.219. The van der Waals surface area contributed by atoms with E-state index < -0.39 is 10.0 Å². The molecule has 2 aliphatic rings. The van der Waals surface area contributed by atoms with Gasteiger partial charge in [0.1, 0.15) is 5.76 Å². The second-order valence-electron chi connectivity index (χ2n) is 5.69. The van der Waals surface area contributed by atoms with Gasteiger partial charge in [-0.1, -0.05) is 0 Å². The Hall–Kier alpha value is -0.890. The predicted molar refractivity (Wildman–Crippen MR) is 73.6 cm³/mol. The first-order valence-electron chi connectivity index (χ1n) is 6.82. The first-order chi connectivity index (χ1) is 9.51. The number of rotatable bonds is 5. The molecule has 0 aromatic carbocycles. The number of hydrogen-bond donors (Lipinski definition) is 1. The van der Waals surface area contributed by atoms with Gasteiger partial charge in [0, 0.05) is 31.5 Å². The lowest BCUT2D eigenvalue weighted by atomic mass is 9.93. The number of fused-ring (bicyclic) bond motifs is 1. The molecular weight excluding hydrogens is 280 g/mol. The van der Waals surface area contributed by atoms with E-state index in [1.165, 1.54) is 6.26 Å². The Morgan fingerprint density at radius 1 is 1.45 bits per heavy atom. The molecule has 1 N–H and O–H groups in total. The van der Waals surface area contributed by atoms with Crippen LogP contribution < -0.4 is 4.72 Å². The van der Waals surface area contributed by atoms with Crippen LogP contribution in [0.1, 0.15) is 5.76 Å². The van der Waals surface area contributed by atoms with Crippen LogP contribution in [0.15, 0.2) is 22.8 Å². The molecule has 3 rings (SSSR count). The molecule has 0 aliphatic carbocycles. The van der Waals surface area contributed by atoms with Crippen molar-refractivity contribution in [1.82, 2.24) is 9.62 Å². The van der Waals surface area contributed by atoms with E-state index in [0.717, 1.165) is 25.4 Å². The van der Waals surface area contributed by atoms with Crippen molar-refractivity contribution in [2.24, 2.45) is 11.8 Å². The topological polar surface area (TPSA) is 71.8 Å². The lowest BCUT2D eigenvalue weighted by Gasteiger charge is -2.18. The largest absolute Gasteiger partial charge is 0.468 e. The molecule has 0 amide bonds. The molecule has 0 unspecified atom stereocenters. The summed E-state index contributed by atoms with van der Waals surface area (Å²) in [5.41, 5.74) is 0. The molecule has 3 atom stereocenters. The summed E-state index contributed by atoms with van der Waals surface area (Å²) in [5.74, 6) is 1.62. The van der Waals surface area contributed by atoms with Gasteiger partial charge in [0.25, 0.3) is 0 Å². The van der Waals surface area contributed by atoms with Crippen LogP contribution >= 0.6 is 0 Å². The standard InChI is InChI=1S/C13H20N2O4S/c1-20(16,17)14-5-10-9-19-13-8-15(7-12(10)13)6-11-3-2-4-18-11/h2-4,10,12-14H,5-9H2,1H3/t10-,12+,13+/m1/s1. The maximum Gasteiger partial charge on any atom is 0.208 e. The molecule has 0 radical (unpaired) electrons. The van der Waals surface area contributed by atoms with Gasteiger partial charge < -0.3 is 9.15 Å². The summed E-state index contributed by atoms with van der Waals surface area (Å²) in [5, 5.41) is 0. The third-order valence-corrected chi connectivity index (χ3v) is 4.77. The maximum atomic E-state index is 11.2. The highest BCUT2D eigenvalue weighted by molar-refractivity contribution is 7.88. The third-order valence-electron chi connectivity index (χ3n) is 4.08. The Bertz CT molecular complexity index is 543. The molecule has 2 saturated heterocycles. The van der Waals surface area contributed by atoms with E-state index in [1.54, 1.807) is 6.26 Å². The van der Waals surface area contributed by atoms with Crippen LogP contribution in [0.4, 0.5) is 0 Å². The van der Waals surface area contributed by atoms with Gasteiger partial charge in [-0.25, -0.2) is 13.1 Å². The fourth-order valence-electron chi connectivity index (χ4n) is 3.10. The number of nitrogens with zero attached hydrogens (tertiary/aromatic N) is 1. The summed E-state index contributed by atoms with van der Waals surface area (Å²) in [7, 11) is -3.13. The zero-order valence-electron chi connectivity index (χ0n) is 11.5. The van der Waals surface area contributed by atoms with Gasteiger partial charge in [0.05, 0.1) is 31.8 Å². The summed E-state index contributed by atoms with van der Waals surface area (Å²) in [6.07, 6.45) is 3.09. The van der Waals surface area contributed by atoms with Crippen molar-refractivity contribution < 1.29 is 17.6 Å². The van der Waals surface area contributed by atoms with Crippen molar-refractivity contribution in [2.45, 2.75) is 12.6 Å². The predicted octanol–water partition coefficient (Wildman–Crippen LogP) is 0.276. The summed E-state index contributed by atoms with van der Waals surface area (Å²) in [4.78, 5) is 2.31. The second-order valence-corrected chi connectivity index (χ2v) is 7.52. The van der Waals surface area contributed by atoms with E-state index in [2.05, 4.69) is 9.62 Å². The number of likely N-dealkylation sites (tertiary alicyclic amines) is 1. The molecular formula is C13H20N2O4S. The Kier molecular flexibility index (Phi) is 3.85. The molecule has 3 heterocycles. The fourth-order valence-corrected chi connectivity index (χ4v) is 3.62. The summed E-state index contributed by atoms with van der Waals surface area (Å²) in [6, 6.07) is 3.86.